The fourth-order valence-electron chi connectivity index (χ4n) is 4.66. The fourth-order valence-corrected chi connectivity index (χ4v) is 6.32. The lowest BCUT2D eigenvalue weighted by Gasteiger charge is -2.23. The molecule has 0 atom stereocenters. The van der Waals surface area contributed by atoms with Crippen LogP contribution in [0.4, 0.5) is 0 Å². The Balaban J connectivity index is 1.76. The molecule has 0 saturated heterocycles. The van der Waals surface area contributed by atoms with E-state index in [0.717, 1.165) is 56.7 Å². The molecule has 4 aromatic carbocycles. The molecule has 0 aliphatic rings. The molecule has 230 valence electrons. The third-order valence-corrected chi connectivity index (χ3v) is 8.12. The highest BCUT2D eigenvalue weighted by molar-refractivity contribution is 6.70. The van der Waals surface area contributed by atoms with Gasteiger partial charge in [0, 0.05) is 34.4 Å². The molecular weight excluding hydrogens is 581 g/mol. The van der Waals surface area contributed by atoms with Gasteiger partial charge in [-0.3, -0.25) is 9.98 Å². The Morgan fingerprint density at radius 3 is 1.20 bits per heavy atom. The van der Waals surface area contributed by atoms with Crippen molar-refractivity contribution < 1.29 is 18.3 Å². The van der Waals surface area contributed by atoms with Crippen LogP contribution in [0.5, 0.6) is 23.0 Å². The van der Waals surface area contributed by atoms with Crippen molar-refractivity contribution in [1.29, 1.82) is 0 Å². The first-order valence-corrected chi connectivity index (χ1v) is 21.7. The summed E-state index contributed by atoms with van der Waals surface area (Å²) < 4.78 is 24.1. The second-order valence-electron chi connectivity index (χ2n) is 12.3. The van der Waals surface area contributed by atoms with Crippen LogP contribution in [0.25, 0.3) is 0 Å². The molecule has 0 aliphatic carbocycles. The molecule has 0 spiro atoms. The van der Waals surface area contributed by atoms with Crippen molar-refractivity contribution in [1.82, 2.24) is 0 Å². The first-order chi connectivity index (χ1) is 21.0. The molecule has 0 N–H and O–H groups in total. The van der Waals surface area contributed by atoms with Gasteiger partial charge in [-0.1, -0.05) is 60.7 Å². The van der Waals surface area contributed by atoms with Gasteiger partial charge in [-0.05, 0) is 63.5 Å². The zero-order valence-electron chi connectivity index (χ0n) is 27.2. The highest BCUT2D eigenvalue weighted by Gasteiger charge is 2.23. The lowest BCUT2D eigenvalue weighted by Crippen LogP contribution is -2.30. The quantitative estimate of drug-likeness (QED) is 0.0850. The topological polar surface area (TPSA) is 61.6 Å². The lowest BCUT2D eigenvalue weighted by atomic mass is 10.0. The highest BCUT2D eigenvalue weighted by atomic mass is 28.4. The largest absolute Gasteiger partial charge is 0.544 e. The summed E-state index contributed by atoms with van der Waals surface area (Å²) in [7, 11) is -0.497. The predicted molar refractivity (Wildman–Crippen MR) is 188 cm³/mol. The average molecular weight is 625 g/mol. The van der Waals surface area contributed by atoms with Gasteiger partial charge < -0.3 is 18.3 Å². The zero-order valence-corrected chi connectivity index (χ0v) is 29.2. The van der Waals surface area contributed by atoms with Gasteiger partial charge in [0.05, 0.1) is 38.7 Å². The monoisotopic (exact) mass is 624 g/mol. The Kier molecular flexibility index (Phi) is 10.8. The maximum atomic E-state index is 6.54. The molecule has 0 saturated carbocycles. The van der Waals surface area contributed by atoms with E-state index in [9.17, 15) is 0 Å². The minimum absolute atomic E-state index is 0.485. The summed E-state index contributed by atoms with van der Waals surface area (Å²) in [6.07, 6.45) is 0. The first-order valence-electron chi connectivity index (χ1n) is 14.9. The number of hydrogen-bond donors (Lipinski definition) is 0. The fraction of sp³-hybridized carbons (Fsp3) is 0.278. The van der Waals surface area contributed by atoms with Gasteiger partial charge in [-0.15, -0.1) is 0 Å². The molecule has 0 aliphatic heterocycles. The minimum atomic E-state index is -1.92. The number of rotatable bonds is 13. The molecule has 0 amide bonds. The van der Waals surface area contributed by atoms with E-state index in [1.165, 1.54) is 0 Å². The maximum absolute atomic E-state index is 6.54. The van der Waals surface area contributed by atoms with Crippen LogP contribution < -0.4 is 18.3 Å². The Labute approximate surface area is 264 Å². The van der Waals surface area contributed by atoms with E-state index in [1.54, 1.807) is 14.2 Å². The van der Waals surface area contributed by atoms with Gasteiger partial charge in [-0.2, -0.15) is 0 Å². The summed E-state index contributed by atoms with van der Waals surface area (Å²) in [5.41, 5.74) is 5.65. The number of benzene rings is 4. The van der Waals surface area contributed by atoms with E-state index >= 15 is 0 Å². The number of methoxy groups -OCH3 is 2. The Morgan fingerprint density at radius 2 is 0.886 bits per heavy atom. The van der Waals surface area contributed by atoms with Crippen LogP contribution in [0, 0.1) is 0 Å². The zero-order chi connectivity index (χ0) is 31.7. The van der Waals surface area contributed by atoms with Gasteiger partial charge in [0.15, 0.2) is 0 Å². The molecule has 44 heavy (non-hydrogen) atoms. The molecule has 0 aromatic heterocycles. The summed E-state index contributed by atoms with van der Waals surface area (Å²) in [5.74, 6) is 3.07. The molecule has 0 bridgehead atoms. The van der Waals surface area contributed by atoms with Gasteiger partial charge in [0.2, 0.25) is 16.6 Å². The Hall–Kier alpha value is -4.15. The molecule has 4 rings (SSSR count). The second-order valence-corrected chi connectivity index (χ2v) is 21.2. The van der Waals surface area contributed by atoms with E-state index in [1.807, 2.05) is 72.8 Å². The van der Waals surface area contributed by atoms with E-state index in [4.69, 9.17) is 28.3 Å². The van der Waals surface area contributed by atoms with Gasteiger partial charge >= 0.3 is 0 Å². The summed E-state index contributed by atoms with van der Waals surface area (Å²) >= 11 is 0. The third-order valence-electron chi connectivity index (χ3n) is 6.45. The number of nitrogens with zero attached hydrogens (tertiary/aromatic N) is 2. The van der Waals surface area contributed by atoms with Crippen molar-refractivity contribution in [3.05, 3.63) is 119 Å². The van der Waals surface area contributed by atoms with Crippen molar-refractivity contribution in [3.8, 4) is 23.0 Å². The smallest absolute Gasteiger partial charge is 0.242 e. The lowest BCUT2D eigenvalue weighted by molar-refractivity contribution is 0.411. The molecule has 6 nitrogen and oxygen atoms in total. The molecule has 0 unspecified atom stereocenters. The standard InChI is InChI=1S/C36H44N2O4Si2/c1-39-29-19-21-31(33(25-29)41-43(3,4)5)35(27-15-11-9-12-16-27)37-23-24-38-36(28-17-13-10-14-18-28)32-22-20-30(40-2)26-34(32)42-44(6,7)8/h9-22,25-26H,23-24H2,1-8H3. The van der Waals surface area contributed by atoms with Crippen molar-refractivity contribution in [2.24, 2.45) is 9.98 Å². The van der Waals surface area contributed by atoms with E-state index in [2.05, 4.69) is 63.5 Å². The number of hydrogen-bond acceptors (Lipinski definition) is 6. The third kappa shape index (κ3) is 9.18. The van der Waals surface area contributed by atoms with Crippen LogP contribution in [0.3, 0.4) is 0 Å². The van der Waals surface area contributed by atoms with Crippen LogP contribution in [0.2, 0.25) is 39.3 Å². The molecule has 8 heteroatoms. The van der Waals surface area contributed by atoms with Gasteiger partial charge in [0.25, 0.3) is 0 Å². The highest BCUT2D eigenvalue weighted by Crippen LogP contribution is 2.31. The van der Waals surface area contributed by atoms with Crippen LogP contribution in [-0.2, 0) is 0 Å². The summed E-state index contributed by atoms with van der Waals surface area (Å²) in [4.78, 5) is 10.3. The van der Waals surface area contributed by atoms with E-state index in [0.29, 0.717) is 13.1 Å². The van der Waals surface area contributed by atoms with Crippen molar-refractivity contribution in [2.45, 2.75) is 39.3 Å². The number of ether oxygens (including phenoxy) is 2. The molecule has 4 aromatic rings. The molecule has 0 heterocycles. The minimum Gasteiger partial charge on any atom is -0.544 e. The Bertz CT molecular complexity index is 1470. The number of aliphatic imine (C=N–C) groups is 2. The summed E-state index contributed by atoms with van der Waals surface area (Å²) in [6.45, 7) is 14.0. The normalized spacial score (nSPS) is 12.5. The summed E-state index contributed by atoms with van der Waals surface area (Å²) in [6, 6.07) is 32.4. The predicted octanol–water partition coefficient (Wildman–Crippen LogP) is 8.51. The average Bonchev–Trinajstić information content (AvgIpc) is 2.99. The maximum Gasteiger partial charge on any atom is 0.242 e. The molecular formula is C36H44N2O4Si2. The Morgan fingerprint density at radius 1 is 0.523 bits per heavy atom. The van der Waals surface area contributed by atoms with Crippen molar-refractivity contribution in [3.63, 3.8) is 0 Å². The van der Waals surface area contributed by atoms with E-state index < -0.39 is 16.6 Å². The summed E-state index contributed by atoms with van der Waals surface area (Å²) in [5, 5.41) is 0. The van der Waals surface area contributed by atoms with Crippen molar-refractivity contribution in [2.75, 3.05) is 27.3 Å². The first kappa shape index (κ1) is 32.8. The molecule has 0 radical (unpaired) electrons. The van der Waals surface area contributed by atoms with Crippen LogP contribution >= 0.6 is 0 Å². The van der Waals surface area contributed by atoms with Gasteiger partial charge in [0.1, 0.15) is 23.0 Å². The van der Waals surface area contributed by atoms with Crippen molar-refractivity contribution >= 4 is 28.1 Å². The van der Waals surface area contributed by atoms with Gasteiger partial charge in [-0.25, -0.2) is 0 Å². The van der Waals surface area contributed by atoms with Crippen LogP contribution in [0.1, 0.15) is 22.3 Å². The van der Waals surface area contributed by atoms with Crippen LogP contribution in [-0.4, -0.2) is 55.4 Å². The van der Waals surface area contributed by atoms with E-state index in [-0.39, 0.29) is 0 Å². The SMILES string of the molecule is COc1ccc(C(=NCCN=C(c2ccccc2)c2ccc(OC)cc2O[Si](C)(C)C)c2ccccc2)c(O[Si](C)(C)C)c1. The second kappa shape index (κ2) is 14.6. The van der Waals surface area contributed by atoms with Crippen LogP contribution in [0.15, 0.2) is 107 Å². The molecule has 0 fully saturated rings.